The minimum absolute atomic E-state index is 0.0239. The Morgan fingerprint density at radius 1 is 1.35 bits per heavy atom. The average molecular weight is 271 g/mol. The highest BCUT2D eigenvalue weighted by molar-refractivity contribution is 5.86. The van der Waals surface area contributed by atoms with Gasteiger partial charge in [-0.25, -0.2) is 14.8 Å². The van der Waals surface area contributed by atoms with Crippen molar-refractivity contribution in [3.63, 3.8) is 0 Å². The summed E-state index contributed by atoms with van der Waals surface area (Å²) >= 11 is 0. The van der Waals surface area contributed by atoms with Crippen molar-refractivity contribution in [1.29, 1.82) is 0 Å². The molecule has 6 heteroatoms. The van der Waals surface area contributed by atoms with Crippen molar-refractivity contribution in [2.45, 2.75) is 25.2 Å². The Balaban J connectivity index is 1.82. The Labute approximate surface area is 115 Å². The summed E-state index contributed by atoms with van der Waals surface area (Å²) in [5.74, 6) is -0.587. The molecule has 1 N–H and O–H groups in total. The number of aromatic carboxylic acids is 1. The quantitative estimate of drug-likeness (QED) is 0.919. The lowest BCUT2D eigenvalue weighted by atomic mass is 9.81. The minimum atomic E-state index is -1.07. The van der Waals surface area contributed by atoms with E-state index in [1.54, 1.807) is 12.3 Å². The molecule has 20 heavy (non-hydrogen) atoms. The van der Waals surface area contributed by atoms with Crippen LogP contribution in [0.5, 0.6) is 0 Å². The van der Waals surface area contributed by atoms with E-state index in [2.05, 4.69) is 15.1 Å². The molecule has 2 aromatic heterocycles. The number of carbonyl (C=O) groups is 1. The van der Waals surface area contributed by atoms with Gasteiger partial charge in [0, 0.05) is 11.5 Å². The molecular weight excluding hydrogens is 258 g/mol. The zero-order chi connectivity index (χ0) is 13.9. The lowest BCUT2D eigenvalue weighted by molar-refractivity contribution is 0.0690. The van der Waals surface area contributed by atoms with Crippen LogP contribution in [0.25, 0.3) is 12.2 Å². The van der Waals surface area contributed by atoms with Crippen molar-refractivity contribution in [3.8, 4) is 0 Å². The van der Waals surface area contributed by atoms with E-state index in [9.17, 15) is 4.79 Å². The molecule has 3 rings (SSSR count). The van der Waals surface area contributed by atoms with Crippen molar-refractivity contribution in [3.05, 3.63) is 41.3 Å². The summed E-state index contributed by atoms with van der Waals surface area (Å²) in [5, 5.41) is 12.9. The van der Waals surface area contributed by atoms with Crippen LogP contribution in [-0.2, 0) is 0 Å². The number of carboxylic acid groups (broad SMARTS) is 1. The van der Waals surface area contributed by atoms with Gasteiger partial charge in [-0.05, 0) is 31.1 Å². The zero-order valence-electron chi connectivity index (χ0n) is 10.7. The highest BCUT2D eigenvalue weighted by Crippen LogP contribution is 2.37. The van der Waals surface area contributed by atoms with E-state index < -0.39 is 5.97 Å². The molecule has 1 aliphatic rings. The topological polar surface area (TPSA) is 89.1 Å². The highest BCUT2D eigenvalue weighted by atomic mass is 16.5. The van der Waals surface area contributed by atoms with Gasteiger partial charge in [-0.1, -0.05) is 11.6 Å². The maximum absolute atomic E-state index is 10.8. The molecule has 1 aliphatic carbocycles. The van der Waals surface area contributed by atoms with Crippen LogP contribution in [0.1, 0.15) is 52.6 Å². The first-order chi connectivity index (χ1) is 9.74. The number of carboxylic acids is 1. The van der Waals surface area contributed by atoms with Gasteiger partial charge in [0.15, 0.2) is 5.69 Å². The Morgan fingerprint density at radius 2 is 2.20 bits per heavy atom. The number of rotatable bonds is 4. The maximum Gasteiger partial charge on any atom is 0.354 e. The second-order valence-corrected chi connectivity index (χ2v) is 4.75. The third-order valence-electron chi connectivity index (χ3n) is 3.46. The van der Waals surface area contributed by atoms with E-state index in [0.717, 1.165) is 24.1 Å². The summed E-state index contributed by atoms with van der Waals surface area (Å²) in [6.07, 6.45) is 9.94. The maximum atomic E-state index is 10.8. The lowest BCUT2D eigenvalue weighted by Crippen LogP contribution is -2.10. The van der Waals surface area contributed by atoms with Crippen molar-refractivity contribution in [1.82, 2.24) is 15.1 Å². The summed E-state index contributed by atoms with van der Waals surface area (Å²) in [6, 6.07) is 1.43. The van der Waals surface area contributed by atoms with Crippen LogP contribution in [-0.4, -0.2) is 26.2 Å². The fourth-order valence-corrected chi connectivity index (χ4v) is 2.13. The molecule has 1 fully saturated rings. The monoisotopic (exact) mass is 271 g/mol. The van der Waals surface area contributed by atoms with Crippen LogP contribution >= 0.6 is 0 Å². The minimum Gasteiger partial charge on any atom is -0.477 e. The van der Waals surface area contributed by atoms with E-state index in [4.69, 9.17) is 9.63 Å². The van der Waals surface area contributed by atoms with E-state index in [0.29, 0.717) is 11.6 Å². The largest absolute Gasteiger partial charge is 0.477 e. The van der Waals surface area contributed by atoms with E-state index in [-0.39, 0.29) is 5.69 Å². The molecule has 1 saturated carbocycles. The summed E-state index contributed by atoms with van der Waals surface area (Å²) in [5.41, 5.74) is 2.41. The molecule has 102 valence electrons. The standard InChI is InChI=1S/C14H13N3O3/c18-14(19)12-6-11(15-8-16-12)5-4-10-7-20-17-13(10)9-2-1-3-9/h4-9H,1-3H2,(H,18,19)/b5-4+. The number of aromatic nitrogens is 3. The highest BCUT2D eigenvalue weighted by Gasteiger charge is 2.24. The summed E-state index contributed by atoms with van der Waals surface area (Å²) in [4.78, 5) is 18.5. The lowest BCUT2D eigenvalue weighted by Gasteiger charge is -2.23. The Morgan fingerprint density at radius 3 is 2.90 bits per heavy atom. The van der Waals surface area contributed by atoms with Crippen molar-refractivity contribution in [2.75, 3.05) is 0 Å². The molecule has 2 aromatic rings. The molecule has 0 radical (unpaired) electrons. The van der Waals surface area contributed by atoms with E-state index >= 15 is 0 Å². The third-order valence-corrected chi connectivity index (χ3v) is 3.46. The third kappa shape index (κ3) is 2.45. The van der Waals surface area contributed by atoms with Crippen LogP contribution < -0.4 is 0 Å². The van der Waals surface area contributed by atoms with Crippen LogP contribution in [0.2, 0.25) is 0 Å². The summed E-state index contributed by atoms with van der Waals surface area (Å²) < 4.78 is 5.02. The number of nitrogens with zero attached hydrogens (tertiary/aromatic N) is 3. The van der Waals surface area contributed by atoms with E-state index in [1.807, 2.05) is 6.08 Å². The first-order valence-corrected chi connectivity index (χ1v) is 6.42. The molecule has 0 bridgehead atoms. The first kappa shape index (κ1) is 12.5. The number of hydrogen-bond donors (Lipinski definition) is 1. The fourth-order valence-electron chi connectivity index (χ4n) is 2.13. The summed E-state index contributed by atoms with van der Waals surface area (Å²) in [7, 11) is 0. The molecule has 0 saturated heterocycles. The van der Waals surface area contributed by atoms with Crippen LogP contribution in [0, 0.1) is 0 Å². The Kier molecular flexibility index (Phi) is 3.28. The normalized spacial score (nSPS) is 15.4. The predicted molar refractivity (Wildman–Crippen MR) is 71.0 cm³/mol. The Bertz CT molecular complexity index is 659. The van der Waals surface area contributed by atoms with Gasteiger partial charge in [-0.15, -0.1) is 0 Å². The predicted octanol–water partition coefficient (Wildman–Crippen LogP) is 2.60. The van der Waals surface area contributed by atoms with E-state index in [1.165, 1.54) is 18.8 Å². The first-order valence-electron chi connectivity index (χ1n) is 6.42. The van der Waals surface area contributed by atoms with Crippen molar-refractivity contribution in [2.24, 2.45) is 0 Å². The van der Waals surface area contributed by atoms with Crippen LogP contribution in [0.4, 0.5) is 0 Å². The zero-order valence-corrected chi connectivity index (χ0v) is 10.7. The molecular formula is C14H13N3O3. The van der Waals surface area contributed by atoms with Gasteiger partial charge in [0.25, 0.3) is 0 Å². The fraction of sp³-hybridized carbons (Fsp3) is 0.286. The average Bonchev–Trinajstić information content (AvgIpc) is 2.83. The molecule has 0 amide bonds. The second kappa shape index (κ2) is 5.24. The van der Waals surface area contributed by atoms with Crippen molar-refractivity contribution < 1.29 is 14.4 Å². The molecule has 0 aliphatic heterocycles. The second-order valence-electron chi connectivity index (χ2n) is 4.75. The van der Waals surface area contributed by atoms with Gasteiger partial charge in [-0.3, -0.25) is 0 Å². The number of hydrogen-bond acceptors (Lipinski definition) is 5. The molecule has 0 spiro atoms. The SMILES string of the molecule is O=C(O)c1cc(/C=C/c2conc2C2CCC2)ncn1. The van der Waals surface area contributed by atoms with Crippen LogP contribution in [0.15, 0.2) is 23.2 Å². The van der Waals surface area contributed by atoms with Gasteiger partial charge in [-0.2, -0.15) is 0 Å². The molecule has 0 aromatic carbocycles. The van der Waals surface area contributed by atoms with Gasteiger partial charge < -0.3 is 9.63 Å². The molecule has 2 heterocycles. The smallest absolute Gasteiger partial charge is 0.354 e. The van der Waals surface area contributed by atoms with Gasteiger partial charge in [0.1, 0.15) is 12.6 Å². The van der Waals surface area contributed by atoms with Gasteiger partial charge in [0.2, 0.25) is 0 Å². The van der Waals surface area contributed by atoms with Gasteiger partial charge >= 0.3 is 5.97 Å². The summed E-state index contributed by atoms with van der Waals surface area (Å²) in [6.45, 7) is 0. The molecule has 0 unspecified atom stereocenters. The van der Waals surface area contributed by atoms with Crippen molar-refractivity contribution >= 4 is 18.1 Å². The molecule has 0 atom stereocenters. The Hall–Kier alpha value is -2.50. The molecule has 6 nitrogen and oxygen atoms in total. The van der Waals surface area contributed by atoms with Crippen LogP contribution in [0.3, 0.4) is 0 Å². The van der Waals surface area contributed by atoms with Gasteiger partial charge in [0.05, 0.1) is 11.4 Å².